The number of para-hydroxylation sites is 1. The average Bonchev–Trinajstić information content (AvgIpc) is 3.82. The van der Waals surface area contributed by atoms with E-state index >= 15 is 0 Å². The molecule has 0 atom stereocenters. The number of nitriles is 2. The van der Waals surface area contributed by atoms with Crippen LogP contribution in [0.2, 0.25) is 0 Å². The number of aromatic nitrogens is 4. The first-order valence-corrected chi connectivity index (χ1v) is 20.8. The fourth-order valence-corrected chi connectivity index (χ4v) is 8.58. The Morgan fingerprint density at radius 3 is 1.59 bits per heavy atom. The molecule has 6 nitrogen and oxygen atoms in total. The van der Waals surface area contributed by atoms with Gasteiger partial charge in [-0.25, -0.2) is 9.97 Å². The van der Waals surface area contributed by atoms with Gasteiger partial charge in [0.05, 0.1) is 34.0 Å². The monoisotopic (exact) mass is 794 g/mol. The van der Waals surface area contributed by atoms with Gasteiger partial charge in [-0.1, -0.05) is 100 Å². The summed E-state index contributed by atoms with van der Waals surface area (Å²) in [5, 5.41) is 27.5. The number of allylic oxidation sites excluding steroid dienone is 5. The molecule has 0 saturated carbocycles. The lowest BCUT2D eigenvalue weighted by Crippen LogP contribution is -2.01. The van der Waals surface area contributed by atoms with Gasteiger partial charge in [0.2, 0.25) is 0 Å². The van der Waals surface area contributed by atoms with E-state index in [1.807, 2.05) is 69.4 Å². The van der Waals surface area contributed by atoms with Gasteiger partial charge in [-0.15, -0.1) is 0 Å². The Bertz CT molecular complexity index is 2770. The molecule has 0 N–H and O–H groups in total. The molecule has 7 rings (SSSR count). The van der Waals surface area contributed by atoms with Crippen LogP contribution in [0.4, 0.5) is 0 Å². The third-order valence-electron chi connectivity index (χ3n) is 9.87. The van der Waals surface area contributed by atoms with Crippen LogP contribution < -0.4 is 0 Å². The summed E-state index contributed by atoms with van der Waals surface area (Å²) >= 11 is 1.83. The van der Waals surface area contributed by atoms with E-state index in [2.05, 4.69) is 127 Å². The Labute approximate surface area is 350 Å². The van der Waals surface area contributed by atoms with E-state index in [0.29, 0.717) is 21.4 Å². The molecule has 0 unspecified atom stereocenters. The van der Waals surface area contributed by atoms with E-state index < -0.39 is 0 Å². The molecule has 0 fully saturated rings. The second-order valence-corrected chi connectivity index (χ2v) is 15.4. The number of thiocyanates is 2. The predicted octanol–water partition coefficient (Wildman–Crippen LogP) is 14.8. The lowest BCUT2D eigenvalue weighted by molar-refractivity contribution is 0.663. The highest BCUT2D eigenvalue weighted by atomic mass is 32.2. The highest BCUT2D eigenvalue weighted by molar-refractivity contribution is 8.06. The Hall–Kier alpha value is -6.32. The molecule has 6 aromatic rings. The van der Waals surface area contributed by atoms with Crippen molar-refractivity contribution < 1.29 is 0 Å². The molecule has 3 aromatic heterocycles. The molecule has 1 aliphatic rings. The van der Waals surface area contributed by atoms with Crippen LogP contribution in [0.5, 0.6) is 0 Å². The molecule has 0 radical (unpaired) electrons. The normalized spacial score (nSPS) is 11.9. The van der Waals surface area contributed by atoms with Gasteiger partial charge in [0.15, 0.2) is 0 Å². The summed E-state index contributed by atoms with van der Waals surface area (Å²) in [4.78, 5) is 10.1. The van der Waals surface area contributed by atoms with Crippen LogP contribution in [0.3, 0.4) is 0 Å². The molecule has 1 aliphatic carbocycles. The van der Waals surface area contributed by atoms with Crippen molar-refractivity contribution in [1.82, 2.24) is 19.1 Å². The summed E-state index contributed by atoms with van der Waals surface area (Å²) in [5.74, 6) is 0.816. The van der Waals surface area contributed by atoms with Crippen LogP contribution in [0.25, 0.3) is 92.0 Å². The van der Waals surface area contributed by atoms with Crippen LogP contribution in [0.15, 0.2) is 109 Å². The number of benzene rings is 3. The van der Waals surface area contributed by atoms with Crippen LogP contribution in [0.1, 0.15) is 81.7 Å². The molecular weight excluding hydrogens is 749 g/mol. The van der Waals surface area contributed by atoms with Gasteiger partial charge in [-0.2, -0.15) is 10.5 Å². The largest absolute Gasteiger partial charge is 0.309 e. The first kappa shape index (κ1) is 41.3. The molecule has 0 aliphatic heterocycles. The second-order valence-electron chi connectivity index (χ2n) is 13.9. The van der Waals surface area contributed by atoms with Crippen molar-refractivity contribution in [3.8, 4) is 44.7 Å². The van der Waals surface area contributed by atoms with Crippen LogP contribution in [0, 0.1) is 27.2 Å². The van der Waals surface area contributed by atoms with Crippen molar-refractivity contribution in [3.05, 3.63) is 132 Å². The minimum absolute atomic E-state index is 0.407. The molecule has 58 heavy (non-hydrogen) atoms. The van der Waals surface area contributed by atoms with Crippen molar-refractivity contribution in [2.24, 2.45) is 5.92 Å². The standard InChI is InChI=1S/C43H32N6S2.C7H14/c1-7-15-35-29(10-4)30(11-5)36(16-8-2)48(35)27-20-26-21-28(49-37(17-9-3)31(12-6)32-18-13-14-19-38(32)49)23-34-39(26)33(22-27)40-41(34)47-43(51-25-45)42(46-40)50-24-44;1-4-5-6-7(2)3/h7-23H,4-6H2,1-3H3;4-5,7H,6H2,1-3H3/b15-7-,16-8-,17-9-;5-4-. The van der Waals surface area contributed by atoms with Gasteiger partial charge < -0.3 is 9.13 Å². The van der Waals surface area contributed by atoms with Crippen LogP contribution in [-0.2, 0) is 0 Å². The number of hydrogen-bond acceptors (Lipinski definition) is 6. The zero-order valence-electron chi connectivity index (χ0n) is 33.9. The Balaban J connectivity index is 0.000000743. The number of nitrogens with zero attached hydrogens (tertiary/aromatic N) is 6. The van der Waals surface area contributed by atoms with Crippen molar-refractivity contribution >= 4 is 81.7 Å². The highest BCUT2D eigenvalue weighted by Gasteiger charge is 2.30. The smallest absolute Gasteiger partial charge is 0.145 e. The minimum atomic E-state index is 0.407. The maximum atomic E-state index is 9.66. The fourth-order valence-electron chi connectivity index (χ4n) is 7.62. The van der Waals surface area contributed by atoms with E-state index in [-0.39, 0.29) is 0 Å². The lowest BCUT2D eigenvalue weighted by Gasteiger charge is -2.16. The molecule has 288 valence electrons. The Kier molecular flexibility index (Phi) is 13.0. The molecule has 3 heterocycles. The molecule has 8 heteroatoms. The van der Waals surface area contributed by atoms with Crippen molar-refractivity contribution in [1.29, 1.82) is 10.5 Å². The molecule has 0 amide bonds. The SMILES string of the molecule is C/C=C\CC(C)C.C=Cc1c(C=C)c(/C=C\C)n(-c2cc3c4c(cc(-n5c(/C=C\C)c(C=C)c6ccccc65)cc4c2)-c2nc(SC#N)c(SC#N)nc2-3)c1/C=C\C. The second kappa shape index (κ2) is 18.3. The minimum Gasteiger partial charge on any atom is -0.309 e. The van der Waals surface area contributed by atoms with E-state index in [1.165, 1.54) is 6.42 Å². The van der Waals surface area contributed by atoms with Crippen LogP contribution >= 0.6 is 23.5 Å². The Morgan fingerprint density at radius 1 is 0.672 bits per heavy atom. The van der Waals surface area contributed by atoms with Gasteiger partial charge in [0, 0.05) is 73.5 Å². The third-order valence-corrected chi connectivity index (χ3v) is 11.1. The summed E-state index contributed by atoms with van der Waals surface area (Å²) in [6.07, 6.45) is 23.6. The highest BCUT2D eigenvalue weighted by Crippen LogP contribution is 2.50. The van der Waals surface area contributed by atoms with Gasteiger partial charge >= 0.3 is 0 Å². The zero-order valence-corrected chi connectivity index (χ0v) is 35.5. The summed E-state index contributed by atoms with van der Waals surface area (Å²) in [5.41, 5.74) is 12.1. The lowest BCUT2D eigenvalue weighted by atomic mass is 10.0. The first-order chi connectivity index (χ1) is 28.2. The van der Waals surface area contributed by atoms with Crippen molar-refractivity contribution in [3.63, 3.8) is 0 Å². The maximum absolute atomic E-state index is 9.66. The molecule has 0 bridgehead atoms. The van der Waals surface area contributed by atoms with E-state index in [1.54, 1.807) is 0 Å². The zero-order chi connectivity index (χ0) is 41.5. The molecule has 0 saturated heterocycles. The maximum Gasteiger partial charge on any atom is 0.145 e. The number of fused-ring (bicyclic) bond motifs is 4. The Morgan fingerprint density at radius 2 is 1.16 bits per heavy atom. The summed E-state index contributed by atoms with van der Waals surface area (Å²) < 4.78 is 4.50. The third kappa shape index (κ3) is 7.45. The predicted molar refractivity (Wildman–Crippen MR) is 252 cm³/mol. The number of rotatable bonds is 12. The molecular formula is C50H46N6S2. The molecule has 0 spiro atoms. The number of thioether (sulfide) groups is 2. The summed E-state index contributed by atoms with van der Waals surface area (Å²) in [6, 6.07) is 17.1. The average molecular weight is 795 g/mol. The van der Waals surface area contributed by atoms with Crippen molar-refractivity contribution in [2.45, 2.75) is 58.0 Å². The quantitative estimate of drug-likeness (QED) is 0.0696. The van der Waals surface area contributed by atoms with E-state index in [9.17, 15) is 10.5 Å². The summed E-state index contributed by atoms with van der Waals surface area (Å²) in [7, 11) is 0. The van der Waals surface area contributed by atoms with Crippen molar-refractivity contribution in [2.75, 3.05) is 0 Å². The first-order valence-electron chi connectivity index (χ1n) is 19.2. The van der Waals surface area contributed by atoms with Crippen LogP contribution in [-0.4, -0.2) is 19.1 Å². The summed E-state index contributed by atoms with van der Waals surface area (Å²) in [6.45, 7) is 25.0. The van der Waals surface area contributed by atoms with Gasteiger partial charge in [-0.3, -0.25) is 0 Å². The van der Waals surface area contributed by atoms with Gasteiger partial charge in [-0.05, 0) is 94.0 Å². The fraction of sp³-hybridized carbons (Fsp3) is 0.160. The van der Waals surface area contributed by atoms with E-state index in [4.69, 9.17) is 9.97 Å². The topological polar surface area (TPSA) is 83.2 Å². The molecule has 3 aromatic carbocycles. The van der Waals surface area contributed by atoms with E-state index in [0.717, 1.165) is 107 Å². The van der Waals surface area contributed by atoms with Gasteiger partial charge in [0.1, 0.15) is 20.9 Å². The van der Waals surface area contributed by atoms with Gasteiger partial charge in [0.25, 0.3) is 0 Å². The number of hydrogen-bond donors (Lipinski definition) is 0.